The number of amides is 1. The van der Waals surface area contributed by atoms with E-state index in [9.17, 15) is 9.90 Å². The predicted molar refractivity (Wildman–Crippen MR) is 101 cm³/mol. The van der Waals surface area contributed by atoms with E-state index in [0.29, 0.717) is 11.4 Å². The van der Waals surface area contributed by atoms with Crippen molar-refractivity contribution < 1.29 is 9.90 Å². The van der Waals surface area contributed by atoms with Crippen molar-refractivity contribution in [1.29, 1.82) is 0 Å². The third kappa shape index (κ3) is 3.07. The van der Waals surface area contributed by atoms with Crippen LogP contribution in [0.3, 0.4) is 0 Å². The zero-order valence-corrected chi connectivity index (χ0v) is 16.1. The van der Waals surface area contributed by atoms with Crippen LogP contribution < -0.4 is 0 Å². The molecule has 2 atom stereocenters. The van der Waals surface area contributed by atoms with Crippen LogP contribution in [0, 0.1) is 0 Å². The van der Waals surface area contributed by atoms with Crippen molar-refractivity contribution in [2.75, 3.05) is 0 Å². The largest absolute Gasteiger partial charge is 0.390 e. The lowest BCUT2D eigenvalue weighted by Crippen LogP contribution is -2.67. The van der Waals surface area contributed by atoms with Crippen LogP contribution in [0.1, 0.15) is 56.9 Å². The fourth-order valence-electron chi connectivity index (χ4n) is 4.35. The first-order chi connectivity index (χ1) is 11.9. The number of halogens is 1. The minimum absolute atomic E-state index is 0.0852. The number of hydrogen-bond acceptors (Lipinski definition) is 4. The number of benzene rings is 1. The summed E-state index contributed by atoms with van der Waals surface area (Å²) in [4.78, 5) is 19.7. The summed E-state index contributed by atoms with van der Waals surface area (Å²) in [5.41, 5.74) is 0.389. The fourth-order valence-corrected chi connectivity index (χ4v) is 5.51. The molecule has 3 fully saturated rings. The molecule has 0 spiro atoms. The van der Waals surface area contributed by atoms with Gasteiger partial charge < -0.3 is 10.0 Å². The van der Waals surface area contributed by atoms with Crippen molar-refractivity contribution >= 4 is 39.1 Å². The average molecular weight is 379 g/mol. The van der Waals surface area contributed by atoms with Gasteiger partial charge in [-0.1, -0.05) is 25.4 Å². The van der Waals surface area contributed by atoms with Gasteiger partial charge in [-0.25, -0.2) is 4.98 Å². The molecule has 5 rings (SSSR count). The van der Waals surface area contributed by atoms with Crippen LogP contribution in [0.15, 0.2) is 18.2 Å². The van der Waals surface area contributed by atoms with Gasteiger partial charge in [0, 0.05) is 29.4 Å². The van der Waals surface area contributed by atoms with E-state index in [1.54, 1.807) is 11.3 Å². The molecule has 1 aromatic heterocycles. The van der Waals surface area contributed by atoms with Crippen LogP contribution in [0.4, 0.5) is 0 Å². The Bertz CT molecular complexity index is 815. The molecule has 1 amide bonds. The van der Waals surface area contributed by atoms with E-state index in [4.69, 9.17) is 11.6 Å². The van der Waals surface area contributed by atoms with E-state index < -0.39 is 5.60 Å². The van der Waals surface area contributed by atoms with Crippen molar-refractivity contribution in [3.05, 3.63) is 28.2 Å². The number of piperidine rings is 2. The maximum absolute atomic E-state index is 13.0. The molecule has 2 unspecified atom stereocenters. The molecule has 134 valence electrons. The molecular weight excluding hydrogens is 356 g/mol. The summed E-state index contributed by atoms with van der Waals surface area (Å²) >= 11 is 7.68. The lowest BCUT2D eigenvalue weighted by molar-refractivity contribution is -0.178. The molecule has 25 heavy (non-hydrogen) atoms. The summed E-state index contributed by atoms with van der Waals surface area (Å²) in [6.45, 7) is 4.17. The van der Waals surface area contributed by atoms with Gasteiger partial charge in [-0.15, -0.1) is 11.3 Å². The molecule has 0 radical (unpaired) electrons. The Balaban J connectivity index is 1.49. The Kier molecular flexibility index (Phi) is 4.29. The Morgan fingerprint density at radius 3 is 2.96 bits per heavy atom. The molecule has 6 heteroatoms. The zero-order chi connectivity index (χ0) is 17.8. The molecule has 3 heterocycles. The number of carbonyl (C=O) groups excluding carboxylic acids is 1. The first-order valence-corrected chi connectivity index (χ1v) is 10.2. The van der Waals surface area contributed by atoms with Crippen molar-refractivity contribution in [3.63, 3.8) is 0 Å². The number of rotatable bonds is 4. The lowest BCUT2D eigenvalue weighted by Gasteiger charge is -2.58. The van der Waals surface area contributed by atoms with Crippen LogP contribution >= 0.6 is 22.9 Å². The quantitative estimate of drug-likeness (QED) is 0.860. The summed E-state index contributed by atoms with van der Waals surface area (Å²) in [5, 5.41) is 12.0. The van der Waals surface area contributed by atoms with E-state index in [0.717, 1.165) is 40.9 Å². The average Bonchev–Trinajstić information content (AvgIpc) is 2.96. The summed E-state index contributed by atoms with van der Waals surface area (Å²) in [6.07, 6.45) is 3.57. The van der Waals surface area contributed by atoms with Crippen LogP contribution in [0.2, 0.25) is 5.02 Å². The maximum Gasteiger partial charge on any atom is 0.223 e. The number of hydrogen-bond donors (Lipinski definition) is 1. The van der Waals surface area contributed by atoms with E-state index >= 15 is 0 Å². The third-order valence-electron chi connectivity index (χ3n) is 5.66. The van der Waals surface area contributed by atoms with Gasteiger partial charge in [0.25, 0.3) is 0 Å². The summed E-state index contributed by atoms with van der Waals surface area (Å²) in [5.74, 6) is 0.283. The smallest absolute Gasteiger partial charge is 0.223 e. The minimum Gasteiger partial charge on any atom is -0.390 e. The molecule has 1 aliphatic carbocycles. The van der Waals surface area contributed by atoms with Gasteiger partial charge in [0.1, 0.15) is 0 Å². The Labute approximate surface area is 156 Å². The number of nitrogens with zero attached hydrogens (tertiary/aromatic N) is 2. The first-order valence-electron chi connectivity index (χ1n) is 8.98. The van der Waals surface area contributed by atoms with Crippen LogP contribution in [0.25, 0.3) is 10.2 Å². The van der Waals surface area contributed by atoms with Crippen molar-refractivity contribution in [3.8, 4) is 0 Å². The van der Waals surface area contributed by atoms with Crippen LogP contribution in [-0.2, 0) is 4.79 Å². The Hall–Kier alpha value is -1.17. The molecule has 1 N–H and O–H groups in total. The zero-order valence-electron chi connectivity index (χ0n) is 14.5. The molecule has 2 bridgehead atoms. The molecule has 2 saturated heterocycles. The van der Waals surface area contributed by atoms with Gasteiger partial charge >= 0.3 is 0 Å². The molecular formula is C19H23ClN2O2S. The van der Waals surface area contributed by atoms with E-state index in [1.165, 1.54) is 0 Å². The van der Waals surface area contributed by atoms with Crippen LogP contribution in [0.5, 0.6) is 0 Å². The number of carbonyl (C=O) groups is 1. The monoisotopic (exact) mass is 378 g/mol. The SMILES string of the molecule is CCC1CC2(O)CC(C2)N1C(=O)CC(C)c1nc2cc(Cl)ccc2s1. The number of thiazole rings is 1. The highest BCUT2D eigenvalue weighted by atomic mass is 35.5. The second-order valence-electron chi connectivity index (χ2n) is 7.62. The van der Waals surface area contributed by atoms with Crippen molar-refractivity contribution in [2.45, 2.75) is 69.6 Å². The first kappa shape index (κ1) is 17.3. The molecule has 3 aliphatic rings. The van der Waals surface area contributed by atoms with Crippen molar-refractivity contribution in [2.24, 2.45) is 0 Å². The number of fused-ring (bicyclic) bond motifs is 3. The molecule has 2 aromatic rings. The second-order valence-corrected chi connectivity index (χ2v) is 9.12. The van der Waals surface area contributed by atoms with E-state index in [-0.39, 0.29) is 23.9 Å². The van der Waals surface area contributed by atoms with Crippen LogP contribution in [-0.4, -0.2) is 38.6 Å². The van der Waals surface area contributed by atoms with Gasteiger partial charge in [-0.2, -0.15) is 0 Å². The minimum atomic E-state index is -0.514. The van der Waals surface area contributed by atoms with Gasteiger partial charge in [-0.3, -0.25) is 4.79 Å². The second kappa shape index (κ2) is 6.22. The normalized spacial score (nSPS) is 29.5. The summed E-state index contributed by atoms with van der Waals surface area (Å²) in [6, 6.07) is 6.13. The van der Waals surface area contributed by atoms with Gasteiger partial charge in [0.15, 0.2) is 0 Å². The summed E-state index contributed by atoms with van der Waals surface area (Å²) in [7, 11) is 0. The topological polar surface area (TPSA) is 53.4 Å². The molecule has 2 aliphatic heterocycles. The predicted octanol–water partition coefficient (Wildman–Crippen LogP) is 4.35. The highest BCUT2D eigenvalue weighted by Gasteiger charge is 2.54. The maximum atomic E-state index is 13.0. The van der Waals surface area contributed by atoms with E-state index in [2.05, 4.69) is 23.7 Å². The molecule has 4 nitrogen and oxygen atoms in total. The molecule has 1 aromatic carbocycles. The van der Waals surface area contributed by atoms with Gasteiger partial charge in [0.05, 0.1) is 20.8 Å². The number of aliphatic hydroxyl groups is 1. The van der Waals surface area contributed by atoms with Gasteiger partial charge in [-0.05, 0) is 43.9 Å². The summed E-state index contributed by atoms with van der Waals surface area (Å²) < 4.78 is 1.10. The van der Waals surface area contributed by atoms with E-state index in [1.807, 2.05) is 18.2 Å². The Morgan fingerprint density at radius 1 is 1.48 bits per heavy atom. The fraction of sp³-hybridized carbons (Fsp3) is 0.579. The molecule has 1 saturated carbocycles. The Morgan fingerprint density at radius 2 is 2.24 bits per heavy atom. The van der Waals surface area contributed by atoms with Crippen molar-refractivity contribution in [1.82, 2.24) is 9.88 Å². The lowest BCUT2D eigenvalue weighted by atomic mass is 9.66. The van der Waals surface area contributed by atoms with Gasteiger partial charge in [0.2, 0.25) is 5.91 Å². The highest BCUT2D eigenvalue weighted by Crippen LogP contribution is 2.47. The number of aromatic nitrogens is 1. The third-order valence-corrected chi connectivity index (χ3v) is 7.16. The standard InChI is InChI=1S/C19H23ClN2O2S/c1-3-13-8-19(24)9-14(10-19)22(13)17(23)6-11(2)18-21-15-7-12(20)4-5-16(15)25-18/h4-5,7,11,13-14,24H,3,6,8-10H2,1-2H3. The highest BCUT2D eigenvalue weighted by molar-refractivity contribution is 7.18.